The van der Waals surface area contributed by atoms with E-state index < -0.39 is 6.04 Å². The molecule has 2 heterocycles. The number of amides is 2. The fourth-order valence-electron chi connectivity index (χ4n) is 3.88. The van der Waals surface area contributed by atoms with Crippen LogP contribution in [0.25, 0.3) is 10.6 Å². The SMILES string of the molecule is O=C(Nc1nnc(-c2ccc(F)cc2)s1)C1CCCN1C(=O)C1CCCC1. The van der Waals surface area contributed by atoms with Gasteiger partial charge in [-0.1, -0.05) is 24.2 Å². The Balaban J connectivity index is 1.42. The van der Waals surface area contributed by atoms with Gasteiger partial charge in [-0.3, -0.25) is 14.9 Å². The molecule has 2 amide bonds. The number of rotatable bonds is 4. The van der Waals surface area contributed by atoms with Gasteiger partial charge >= 0.3 is 0 Å². The Morgan fingerprint density at radius 3 is 2.56 bits per heavy atom. The third kappa shape index (κ3) is 3.85. The van der Waals surface area contributed by atoms with Crippen LogP contribution >= 0.6 is 11.3 Å². The van der Waals surface area contributed by atoms with Gasteiger partial charge in [0.2, 0.25) is 16.9 Å². The van der Waals surface area contributed by atoms with Gasteiger partial charge in [0.05, 0.1) is 0 Å². The van der Waals surface area contributed by atoms with Crippen LogP contribution in [0.2, 0.25) is 0 Å². The first kappa shape index (κ1) is 18.0. The van der Waals surface area contributed by atoms with Crippen molar-refractivity contribution in [2.45, 2.75) is 44.6 Å². The van der Waals surface area contributed by atoms with Crippen LogP contribution in [0.3, 0.4) is 0 Å². The minimum absolute atomic E-state index is 0.0741. The van der Waals surface area contributed by atoms with E-state index in [0.29, 0.717) is 23.1 Å². The maximum Gasteiger partial charge on any atom is 0.249 e. The molecular weight excluding hydrogens is 367 g/mol. The second-order valence-corrected chi connectivity index (χ2v) is 8.06. The molecule has 1 aromatic carbocycles. The lowest BCUT2D eigenvalue weighted by Crippen LogP contribution is -2.45. The normalized spacial score (nSPS) is 20.2. The molecule has 0 radical (unpaired) electrons. The predicted molar refractivity (Wildman–Crippen MR) is 101 cm³/mol. The highest BCUT2D eigenvalue weighted by atomic mass is 32.1. The Labute approximate surface area is 160 Å². The highest BCUT2D eigenvalue weighted by Gasteiger charge is 2.38. The first-order chi connectivity index (χ1) is 13.1. The fraction of sp³-hybridized carbons (Fsp3) is 0.474. The number of halogens is 1. The summed E-state index contributed by atoms with van der Waals surface area (Å²) in [5.41, 5.74) is 0.744. The number of benzene rings is 1. The van der Waals surface area contributed by atoms with Gasteiger partial charge in [0.1, 0.15) is 16.9 Å². The summed E-state index contributed by atoms with van der Waals surface area (Å²) in [5, 5.41) is 11.9. The molecule has 6 nitrogen and oxygen atoms in total. The minimum Gasteiger partial charge on any atom is -0.330 e. The number of hydrogen-bond acceptors (Lipinski definition) is 5. The highest BCUT2D eigenvalue weighted by molar-refractivity contribution is 7.18. The molecule has 1 N–H and O–H groups in total. The first-order valence-corrected chi connectivity index (χ1v) is 10.1. The number of carbonyl (C=O) groups is 2. The summed E-state index contributed by atoms with van der Waals surface area (Å²) in [7, 11) is 0. The average Bonchev–Trinajstić information content (AvgIpc) is 3.42. The topological polar surface area (TPSA) is 75.2 Å². The molecule has 27 heavy (non-hydrogen) atoms. The number of likely N-dealkylation sites (tertiary alicyclic amines) is 1. The molecule has 1 aromatic heterocycles. The summed E-state index contributed by atoms with van der Waals surface area (Å²) in [5.74, 6) is -0.329. The maximum absolute atomic E-state index is 13.0. The van der Waals surface area contributed by atoms with Crippen LogP contribution < -0.4 is 5.32 Å². The van der Waals surface area contributed by atoms with Gasteiger partial charge in [0.25, 0.3) is 0 Å². The molecule has 2 aromatic rings. The molecule has 1 atom stereocenters. The van der Waals surface area contributed by atoms with Crippen molar-refractivity contribution in [3.63, 3.8) is 0 Å². The Morgan fingerprint density at radius 2 is 1.81 bits per heavy atom. The smallest absolute Gasteiger partial charge is 0.249 e. The van der Waals surface area contributed by atoms with Crippen LogP contribution in [0, 0.1) is 11.7 Å². The molecule has 1 saturated carbocycles. The van der Waals surface area contributed by atoms with E-state index in [1.807, 2.05) is 0 Å². The van der Waals surface area contributed by atoms with Gasteiger partial charge in [-0.15, -0.1) is 10.2 Å². The average molecular weight is 388 g/mol. The Kier molecular flexibility index (Phi) is 5.15. The van der Waals surface area contributed by atoms with Crippen LogP contribution in [0.4, 0.5) is 9.52 Å². The van der Waals surface area contributed by atoms with Crippen molar-refractivity contribution in [3.8, 4) is 10.6 Å². The predicted octanol–water partition coefficient (Wildman–Crippen LogP) is 3.46. The number of hydrogen-bond donors (Lipinski definition) is 1. The van der Waals surface area contributed by atoms with Gasteiger partial charge < -0.3 is 4.90 Å². The highest BCUT2D eigenvalue weighted by Crippen LogP contribution is 2.31. The monoisotopic (exact) mass is 388 g/mol. The quantitative estimate of drug-likeness (QED) is 0.870. The van der Waals surface area contributed by atoms with E-state index >= 15 is 0 Å². The molecule has 1 saturated heterocycles. The lowest BCUT2D eigenvalue weighted by molar-refractivity contribution is -0.140. The molecule has 142 valence electrons. The lowest BCUT2D eigenvalue weighted by Gasteiger charge is -2.26. The molecule has 8 heteroatoms. The molecule has 1 aliphatic carbocycles. The summed E-state index contributed by atoms with van der Waals surface area (Å²) < 4.78 is 13.0. The number of nitrogens with one attached hydrogen (secondary N) is 1. The van der Waals surface area contributed by atoms with E-state index in [1.54, 1.807) is 17.0 Å². The van der Waals surface area contributed by atoms with Crippen LogP contribution in [-0.4, -0.2) is 39.5 Å². The molecule has 2 fully saturated rings. The van der Waals surface area contributed by atoms with Crippen molar-refractivity contribution >= 4 is 28.3 Å². The van der Waals surface area contributed by atoms with Crippen molar-refractivity contribution < 1.29 is 14.0 Å². The van der Waals surface area contributed by atoms with Crippen LogP contribution in [0.5, 0.6) is 0 Å². The van der Waals surface area contributed by atoms with E-state index in [1.165, 1.54) is 23.5 Å². The Bertz CT molecular complexity index is 832. The van der Waals surface area contributed by atoms with E-state index in [-0.39, 0.29) is 23.5 Å². The van der Waals surface area contributed by atoms with Gasteiger partial charge in [-0.2, -0.15) is 0 Å². The van der Waals surface area contributed by atoms with Crippen molar-refractivity contribution in [1.29, 1.82) is 0 Å². The summed E-state index contributed by atoms with van der Waals surface area (Å²) in [4.78, 5) is 27.2. The second kappa shape index (κ2) is 7.72. The van der Waals surface area contributed by atoms with E-state index in [9.17, 15) is 14.0 Å². The van der Waals surface area contributed by atoms with Crippen LogP contribution in [0.1, 0.15) is 38.5 Å². The summed E-state index contributed by atoms with van der Waals surface area (Å²) in [6.45, 7) is 0.643. The summed E-state index contributed by atoms with van der Waals surface area (Å²) in [6.07, 6.45) is 5.57. The van der Waals surface area contributed by atoms with E-state index in [0.717, 1.165) is 37.7 Å². The zero-order valence-electron chi connectivity index (χ0n) is 14.9. The second-order valence-electron chi connectivity index (χ2n) is 7.08. The Morgan fingerprint density at radius 1 is 1.07 bits per heavy atom. The Hall–Kier alpha value is -2.35. The third-order valence-corrected chi connectivity index (χ3v) is 6.18. The number of carbonyl (C=O) groups excluding carboxylic acids is 2. The zero-order chi connectivity index (χ0) is 18.8. The minimum atomic E-state index is -0.434. The molecule has 1 unspecified atom stereocenters. The van der Waals surface area contributed by atoms with E-state index in [2.05, 4.69) is 15.5 Å². The van der Waals surface area contributed by atoms with Crippen LogP contribution in [0.15, 0.2) is 24.3 Å². The van der Waals surface area contributed by atoms with Crippen molar-refractivity contribution in [1.82, 2.24) is 15.1 Å². The van der Waals surface area contributed by atoms with Gasteiger partial charge in [-0.05, 0) is 49.9 Å². The van der Waals surface area contributed by atoms with Crippen molar-refractivity contribution in [2.75, 3.05) is 11.9 Å². The zero-order valence-corrected chi connectivity index (χ0v) is 15.7. The largest absolute Gasteiger partial charge is 0.330 e. The van der Waals surface area contributed by atoms with Crippen LogP contribution in [-0.2, 0) is 9.59 Å². The third-order valence-electron chi connectivity index (χ3n) is 5.29. The summed E-state index contributed by atoms with van der Waals surface area (Å²) >= 11 is 1.23. The molecular formula is C19H21FN4O2S. The molecule has 0 spiro atoms. The number of aromatic nitrogens is 2. The van der Waals surface area contributed by atoms with Gasteiger partial charge in [-0.25, -0.2) is 4.39 Å². The number of nitrogens with zero attached hydrogens (tertiary/aromatic N) is 3. The number of anilines is 1. The lowest BCUT2D eigenvalue weighted by atomic mass is 10.1. The van der Waals surface area contributed by atoms with Gasteiger partial charge in [0.15, 0.2) is 0 Å². The molecule has 0 bridgehead atoms. The fourth-order valence-corrected chi connectivity index (χ4v) is 4.63. The standard InChI is InChI=1S/C19H21FN4O2S/c20-14-9-7-12(8-10-14)17-22-23-19(27-17)21-16(25)15-6-3-11-24(15)18(26)13-4-1-2-5-13/h7-10,13,15H,1-6,11H2,(H,21,23,25). The molecule has 4 rings (SSSR count). The maximum atomic E-state index is 13.0. The first-order valence-electron chi connectivity index (χ1n) is 9.32. The van der Waals surface area contributed by atoms with Gasteiger partial charge in [0, 0.05) is 18.0 Å². The molecule has 2 aliphatic rings. The molecule has 1 aliphatic heterocycles. The van der Waals surface area contributed by atoms with E-state index in [4.69, 9.17) is 0 Å². The van der Waals surface area contributed by atoms with Crippen molar-refractivity contribution in [2.24, 2.45) is 5.92 Å². The summed E-state index contributed by atoms with van der Waals surface area (Å²) in [6, 6.07) is 5.54. The van der Waals surface area contributed by atoms with Crippen molar-refractivity contribution in [3.05, 3.63) is 30.1 Å².